The second-order valence-corrected chi connectivity index (χ2v) is 7.28. The van der Waals surface area contributed by atoms with E-state index in [1.54, 1.807) is 0 Å². The fourth-order valence-corrected chi connectivity index (χ4v) is 3.80. The summed E-state index contributed by atoms with van der Waals surface area (Å²) in [5.41, 5.74) is 2.39. The van der Waals surface area contributed by atoms with Gasteiger partial charge in [0, 0.05) is 57.3 Å². The van der Waals surface area contributed by atoms with E-state index < -0.39 is 0 Å². The van der Waals surface area contributed by atoms with Crippen molar-refractivity contribution >= 4 is 11.9 Å². The van der Waals surface area contributed by atoms with Gasteiger partial charge in [-0.15, -0.1) is 0 Å². The first kappa shape index (κ1) is 17.1. The normalized spacial score (nSPS) is 18.5. The van der Waals surface area contributed by atoms with Crippen molar-refractivity contribution in [3.8, 4) is 5.69 Å². The molecule has 4 rings (SSSR count). The van der Waals surface area contributed by atoms with Crippen LogP contribution >= 0.6 is 0 Å². The molecule has 0 saturated carbocycles. The smallest absolute Gasteiger partial charge is 0.236 e. The van der Waals surface area contributed by atoms with E-state index in [-0.39, 0.29) is 5.91 Å². The molecular weight excluding hydrogens is 326 g/mol. The van der Waals surface area contributed by atoms with Gasteiger partial charge in [0.2, 0.25) is 11.9 Å². The number of carbonyl (C=O) groups excluding carboxylic acids is 1. The van der Waals surface area contributed by atoms with Gasteiger partial charge in [-0.3, -0.25) is 14.3 Å². The third-order valence-electron chi connectivity index (χ3n) is 5.41. The third-order valence-corrected chi connectivity index (χ3v) is 5.41. The van der Waals surface area contributed by atoms with Crippen molar-refractivity contribution in [3.05, 3.63) is 42.2 Å². The molecule has 0 bridgehead atoms. The summed E-state index contributed by atoms with van der Waals surface area (Å²) in [5, 5.41) is 0. The Labute approximate surface area is 155 Å². The second kappa shape index (κ2) is 7.50. The molecular formula is C20H27N5O. The lowest BCUT2D eigenvalue weighted by Crippen LogP contribution is -2.50. The van der Waals surface area contributed by atoms with Gasteiger partial charge in [-0.05, 0) is 31.9 Å². The molecule has 2 aromatic rings. The van der Waals surface area contributed by atoms with Crippen molar-refractivity contribution in [3.63, 3.8) is 0 Å². The van der Waals surface area contributed by atoms with Crippen LogP contribution in [0.4, 0.5) is 5.95 Å². The van der Waals surface area contributed by atoms with Crippen LogP contribution in [0.1, 0.15) is 18.4 Å². The van der Waals surface area contributed by atoms with E-state index in [9.17, 15) is 4.79 Å². The molecule has 3 heterocycles. The Morgan fingerprint density at radius 3 is 2.38 bits per heavy atom. The molecule has 0 aliphatic carbocycles. The van der Waals surface area contributed by atoms with Crippen LogP contribution in [-0.2, 0) is 4.79 Å². The molecule has 0 atom stereocenters. The van der Waals surface area contributed by atoms with Crippen molar-refractivity contribution in [1.82, 2.24) is 19.4 Å². The molecule has 2 aliphatic heterocycles. The molecule has 1 aromatic carbocycles. The number of rotatable bonds is 4. The Bertz CT molecular complexity index is 740. The number of piperazine rings is 1. The van der Waals surface area contributed by atoms with Crippen LogP contribution in [0, 0.1) is 6.92 Å². The maximum Gasteiger partial charge on any atom is 0.236 e. The molecule has 6 heteroatoms. The highest BCUT2D eigenvalue weighted by Crippen LogP contribution is 2.20. The van der Waals surface area contributed by atoms with E-state index in [1.165, 1.54) is 5.56 Å². The van der Waals surface area contributed by atoms with Gasteiger partial charge in [0.15, 0.2) is 0 Å². The molecule has 0 unspecified atom stereocenters. The van der Waals surface area contributed by atoms with Crippen LogP contribution in [-0.4, -0.2) is 71.1 Å². The molecule has 2 saturated heterocycles. The second-order valence-electron chi connectivity index (χ2n) is 7.28. The molecule has 1 aromatic heterocycles. The van der Waals surface area contributed by atoms with Crippen molar-refractivity contribution in [2.75, 3.05) is 50.7 Å². The zero-order valence-electron chi connectivity index (χ0n) is 15.5. The molecule has 26 heavy (non-hydrogen) atoms. The lowest BCUT2D eigenvalue weighted by molar-refractivity contribution is -0.131. The summed E-state index contributed by atoms with van der Waals surface area (Å²) in [7, 11) is 0. The third kappa shape index (κ3) is 3.60. The molecule has 2 fully saturated rings. The van der Waals surface area contributed by atoms with Crippen molar-refractivity contribution in [1.29, 1.82) is 0 Å². The van der Waals surface area contributed by atoms with Gasteiger partial charge in [-0.25, -0.2) is 4.98 Å². The number of aryl methyl sites for hydroxylation is 1. The van der Waals surface area contributed by atoms with Crippen LogP contribution < -0.4 is 4.90 Å². The van der Waals surface area contributed by atoms with Gasteiger partial charge in [-0.1, -0.05) is 17.7 Å². The zero-order valence-corrected chi connectivity index (χ0v) is 15.5. The SMILES string of the molecule is Cc1ccc(-n2ccnc2N2CCN(CC(=O)N3CCCC3)CC2)cc1. The first-order valence-corrected chi connectivity index (χ1v) is 9.56. The molecule has 0 N–H and O–H groups in total. The van der Waals surface area contributed by atoms with Gasteiger partial charge in [0.25, 0.3) is 0 Å². The van der Waals surface area contributed by atoms with Gasteiger partial charge in [0.05, 0.1) is 6.54 Å². The summed E-state index contributed by atoms with van der Waals surface area (Å²) in [5.74, 6) is 1.27. The van der Waals surface area contributed by atoms with Crippen molar-refractivity contribution < 1.29 is 4.79 Å². The number of imidazole rings is 1. The first-order valence-electron chi connectivity index (χ1n) is 9.56. The van der Waals surface area contributed by atoms with Crippen LogP contribution in [0.25, 0.3) is 5.69 Å². The Balaban J connectivity index is 1.37. The highest BCUT2D eigenvalue weighted by Gasteiger charge is 2.25. The minimum Gasteiger partial charge on any atom is -0.342 e. The quantitative estimate of drug-likeness (QED) is 0.842. The molecule has 138 valence electrons. The number of carbonyl (C=O) groups is 1. The summed E-state index contributed by atoms with van der Waals surface area (Å²) >= 11 is 0. The molecule has 0 spiro atoms. The van der Waals surface area contributed by atoms with Crippen LogP contribution in [0.15, 0.2) is 36.7 Å². The summed E-state index contributed by atoms with van der Waals surface area (Å²) in [6.07, 6.45) is 6.18. The number of hydrogen-bond donors (Lipinski definition) is 0. The van der Waals surface area contributed by atoms with E-state index in [4.69, 9.17) is 0 Å². The minimum absolute atomic E-state index is 0.289. The van der Waals surface area contributed by atoms with Crippen LogP contribution in [0.5, 0.6) is 0 Å². The average Bonchev–Trinajstić information content (AvgIpc) is 3.35. The summed E-state index contributed by atoms with van der Waals surface area (Å²) < 4.78 is 2.14. The number of hydrogen-bond acceptors (Lipinski definition) is 4. The molecule has 2 aliphatic rings. The zero-order chi connectivity index (χ0) is 17.9. The van der Waals surface area contributed by atoms with E-state index in [1.807, 2.05) is 17.3 Å². The molecule has 6 nitrogen and oxygen atoms in total. The number of likely N-dealkylation sites (tertiary alicyclic amines) is 1. The number of benzene rings is 1. The maximum absolute atomic E-state index is 12.3. The Kier molecular flexibility index (Phi) is 4.93. The monoisotopic (exact) mass is 353 g/mol. The number of anilines is 1. The van der Waals surface area contributed by atoms with Crippen molar-refractivity contribution in [2.45, 2.75) is 19.8 Å². The first-order chi connectivity index (χ1) is 12.7. The van der Waals surface area contributed by atoms with Gasteiger partial charge in [0.1, 0.15) is 0 Å². The summed E-state index contributed by atoms with van der Waals surface area (Å²) in [6, 6.07) is 8.51. The van der Waals surface area contributed by atoms with Crippen molar-refractivity contribution in [2.24, 2.45) is 0 Å². The summed E-state index contributed by atoms with van der Waals surface area (Å²) in [6.45, 7) is 8.13. The van der Waals surface area contributed by atoms with Gasteiger partial charge < -0.3 is 9.80 Å². The molecule has 1 amide bonds. The van der Waals surface area contributed by atoms with Gasteiger partial charge >= 0.3 is 0 Å². The number of amides is 1. The fraction of sp³-hybridized carbons (Fsp3) is 0.500. The highest BCUT2D eigenvalue weighted by atomic mass is 16.2. The largest absolute Gasteiger partial charge is 0.342 e. The number of nitrogens with zero attached hydrogens (tertiary/aromatic N) is 5. The van der Waals surface area contributed by atoms with Gasteiger partial charge in [-0.2, -0.15) is 0 Å². The van der Waals surface area contributed by atoms with E-state index in [0.29, 0.717) is 6.54 Å². The minimum atomic E-state index is 0.289. The lowest BCUT2D eigenvalue weighted by Gasteiger charge is -2.35. The predicted molar refractivity (Wildman–Crippen MR) is 103 cm³/mol. The predicted octanol–water partition coefficient (Wildman–Crippen LogP) is 1.93. The van der Waals surface area contributed by atoms with E-state index in [2.05, 4.69) is 50.5 Å². The van der Waals surface area contributed by atoms with Crippen LogP contribution in [0.2, 0.25) is 0 Å². The Morgan fingerprint density at radius 2 is 1.69 bits per heavy atom. The topological polar surface area (TPSA) is 44.6 Å². The average molecular weight is 353 g/mol. The maximum atomic E-state index is 12.3. The van der Waals surface area contributed by atoms with Crippen LogP contribution in [0.3, 0.4) is 0 Å². The Hall–Kier alpha value is -2.34. The Morgan fingerprint density at radius 1 is 1.00 bits per heavy atom. The highest BCUT2D eigenvalue weighted by molar-refractivity contribution is 5.78. The standard InChI is InChI=1S/C20H27N5O/c1-17-4-6-18(7-5-17)25-11-8-21-20(25)24-14-12-22(13-15-24)16-19(26)23-9-2-3-10-23/h4-8,11H,2-3,9-10,12-16H2,1H3. The van der Waals surface area contributed by atoms with E-state index in [0.717, 1.165) is 63.7 Å². The lowest BCUT2D eigenvalue weighted by atomic mass is 10.2. The fourth-order valence-electron chi connectivity index (χ4n) is 3.80. The number of aromatic nitrogens is 2. The summed E-state index contributed by atoms with van der Waals surface area (Å²) in [4.78, 5) is 23.5. The van der Waals surface area contributed by atoms with E-state index >= 15 is 0 Å². The molecule has 0 radical (unpaired) electrons.